The molecule has 0 N–H and O–H groups in total. The van der Waals surface area contributed by atoms with Crippen molar-refractivity contribution in [1.29, 1.82) is 0 Å². The van der Waals surface area contributed by atoms with Gasteiger partial charge in [-0.1, -0.05) is 24.3 Å². The molecule has 1 aromatic rings. The fourth-order valence-electron chi connectivity index (χ4n) is 1.31. The molecule has 0 aliphatic carbocycles. The molecule has 2 heteroatoms. The number of ketones is 1. The number of benzene rings is 1. The summed E-state index contributed by atoms with van der Waals surface area (Å²) in [6.07, 6.45) is 0. The van der Waals surface area contributed by atoms with Crippen molar-refractivity contribution in [3.63, 3.8) is 0 Å². The van der Waals surface area contributed by atoms with Crippen molar-refractivity contribution >= 4 is 5.78 Å². The molecule has 0 atom stereocenters. The summed E-state index contributed by atoms with van der Waals surface area (Å²) < 4.78 is 13.6. The van der Waals surface area contributed by atoms with Crippen LogP contribution in [-0.4, -0.2) is 5.78 Å². The number of halogens is 1. The van der Waals surface area contributed by atoms with Gasteiger partial charge in [0.1, 0.15) is 5.67 Å². The van der Waals surface area contributed by atoms with Crippen molar-refractivity contribution in [3.05, 3.63) is 35.4 Å². The molecule has 0 spiro atoms. The second-order valence-corrected chi connectivity index (χ2v) is 3.57. The zero-order chi connectivity index (χ0) is 10.1. The Kier molecular flexibility index (Phi) is 2.50. The van der Waals surface area contributed by atoms with Crippen LogP contribution in [0.25, 0.3) is 0 Å². The molecule has 0 saturated heterocycles. The van der Waals surface area contributed by atoms with E-state index < -0.39 is 5.67 Å². The van der Waals surface area contributed by atoms with Crippen molar-refractivity contribution in [3.8, 4) is 0 Å². The average Bonchev–Trinajstić information content (AvgIpc) is 2.03. The molecule has 1 nitrogen and oxygen atoms in total. The summed E-state index contributed by atoms with van der Waals surface area (Å²) in [5.41, 5.74) is -0.528. The Morgan fingerprint density at radius 3 is 2.23 bits per heavy atom. The quantitative estimate of drug-likeness (QED) is 0.639. The average molecular weight is 180 g/mol. The maximum atomic E-state index is 13.6. The van der Waals surface area contributed by atoms with Crippen LogP contribution in [0.15, 0.2) is 24.3 Å². The van der Waals surface area contributed by atoms with Crippen molar-refractivity contribution in [1.82, 2.24) is 0 Å². The zero-order valence-electron chi connectivity index (χ0n) is 8.10. The van der Waals surface area contributed by atoms with Crippen LogP contribution in [0, 0.1) is 0 Å². The van der Waals surface area contributed by atoms with Crippen LogP contribution in [0.1, 0.15) is 36.7 Å². The predicted molar refractivity (Wildman–Crippen MR) is 50.6 cm³/mol. The van der Waals surface area contributed by atoms with Crippen LogP contribution < -0.4 is 0 Å². The summed E-state index contributed by atoms with van der Waals surface area (Å²) >= 11 is 0. The molecule has 0 unspecified atom stereocenters. The number of Topliss-reactive ketones (excluding diaryl/α,β-unsaturated/α-hetero) is 1. The molecule has 0 fully saturated rings. The highest BCUT2D eigenvalue weighted by atomic mass is 19.1. The minimum atomic E-state index is -1.46. The van der Waals surface area contributed by atoms with E-state index in [4.69, 9.17) is 0 Å². The Morgan fingerprint density at radius 2 is 1.85 bits per heavy atom. The van der Waals surface area contributed by atoms with Gasteiger partial charge in [0.2, 0.25) is 0 Å². The molecular formula is C11H13FO. The fourth-order valence-corrected chi connectivity index (χ4v) is 1.31. The first-order chi connectivity index (χ1) is 5.93. The van der Waals surface area contributed by atoms with Crippen molar-refractivity contribution in [2.75, 3.05) is 0 Å². The molecule has 0 aliphatic heterocycles. The number of alkyl halides is 1. The summed E-state index contributed by atoms with van der Waals surface area (Å²) in [6.45, 7) is 4.36. The molecule has 1 rings (SSSR count). The topological polar surface area (TPSA) is 17.1 Å². The van der Waals surface area contributed by atoms with Gasteiger partial charge in [0.25, 0.3) is 0 Å². The minimum Gasteiger partial charge on any atom is -0.294 e. The number of carbonyl (C=O) groups excluding carboxylic acids is 1. The van der Waals surface area contributed by atoms with Crippen molar-refractivity contribution in [2.24, 2.45) is 0 Å². The van der Waals surface area contributed by atoms with E-state index in [1.54, 1.807) is 24.3 Å². The van der Waals surface area contributed by atoms with Crippen molar-refractivity contribution < 1.29 is 9.18 Å². The number of carbonyl (C=O) groups is 1. The van der Waals surface area contributed by atoms with Gasteiger partial charge in [-0.05, 0) is 26.3 Å². The number of hydrogen-bond donors (Lipinski definition) is 0. The van der Waals surface area contributed by atoms with E-state index in [0.717, 1.165) is 0 Å². The largest absolute Gasteiger partial charge is 0.294 e. The Morgan fingerprint density at radius 1 is 1.31 bits per heavy atom. The van der Waals surface area contributed by atoms with Crippen LogP contribution in [-0.2, 0) is 5.67 Å². The van der Waals surface area contributed by atoms with Gasteiger partial charge in [0.15, 0.2) is 5.78 Å². The maximum Gasteiger partial charge on any atom is 0.160 e. The summed E-state index contributed by atoms with van der Waals surface area (Å²) in [4.78, 5) is 11.1. The van der Waals surface area contributed by atoms with Gasteiger partial charge >= 0.3 is 0 Å². The first-order valence-electron chi connectivity index (χ1n) is 4.22. The summed E-state index contributed by atoms with van der Waals surface area (Å²) in [5, 5.41) is 0. The molecule has 0 amide bonds. The van der Waals surface area contributed by atoms with Crippen LogP contribution in [0.2, 0.25) is 0 Å². The minimum absolute atomic E-state index is 0.0960. The summed E-state index contributed by atoms with van der Waals surface area (Å²) in [6, 6.07) is 6.78. The molecule has 0 bridgehead atoms. The third-order valence-corrected chi connectivity index (χ3v) is 1.95. The lowest BCUT2D eigenvalue weighted by atomic mass is 9.93. The van der Waals surface area contributed by atoms with Gasteiger partial charge in [-0.3, -0.25) is 4.79 Å². The molecule has 70 valence electrons. The van der Waals surface area contributed by atoms with Crippen LogP contribution >= 0.6 is 0 Å². The van der Waals surface area contributed by atoms with Crippen LogP contribution in [0.4, 0.5) is 4.39 Å². The lowest BCUT2D eigenvalue weighted by Crippen LogP contribution is -2.14. The van der Waals surface area contributed by atoms with E-state index in [0.29, 0.717) is 11.1 Å². The zero-order valence-corrected chi connectivity index (χ0v) is 8.10. The molecule has 0 aromatic heterocycles. The summed E-state index contributed by atoms with van der Waals surface area (Å²) in [5.74, 6) is -0.0960. The number of hydrogen-bond acceptors (Lipinski definition) is 1. The second kappa shape index (κ2) is 3.29. The molecule has 0 radical (unpaired) electrons. The predicted octanol–water partition coefficient (Wildman–Crippen LogP) is 3.09. The van der Waals surface area contributed by atoms with Gasteiger partial charge in [0.05, 0.1) is 0 Å². The van der Waals surface area contributed by atoms with Gasteiger partial charge in [0, 0.05) is 5.56 Å². The van der Waals surface area contributed by atoms with Gasteiger partial charge in [-0.25, -0.2) is 4.39 Å². The monoisotopic (exact) mass is 180 g/mol. The first-order valence-corrected chi connectivity index (χ1v) is 4.22. The standard InChI is InChI=1S/C11H13FO/c1-8(13)9-6-4-5-7-10(9)11(2,3)12/h4-7H,1-3H3. The molecular weight excluding hydrogens is 167 g/mol. The normalized spacial score (nSPS) is 11.4. The van der Waals surface area contributed by atoms with E-state index in [2.05, 4.69) is 0 Å². The smallest absolute Gasteiger partial charge is 0.160 e. The third-order valence-electron chi connectivity index (χ3n) is 1.95. The van der Waals surface area contributed by atoms with Gasteiger partial charge in [-0.15, -0.1) is 0 Å². The summed E-state index contributed by atoms with van der Waals surface area (Å²) in [7, 11) is 0. The fraction of sp³-hybridized carbons (Fsp3) is 0.364. The Hall–Kier alpha value is -1.18. The lowest BCUT2D eigenvalue weighted by molar-refractivity contribution is 0.101. The highest BCUT2D eigenvalue weighted by Crippen LogP contribution is 2.27. The molecule has 1 aromatic carbocycles. The highest BCUT2D eigenvalue weighted by Gasteiger charge is 2.23. The second-order valence-electron chi connectivity index (χ2n) is 3.57. The van der Waals surface area contributed by atoms with E-state index in [9.17, 15) is 9.18 Å². The van der Waals surface area contributed by atoms with E-state index in [-0.39, 0.29) is 5.78 Å². The molecule has 0 heterocycles. The van der Waals surface area contributed by atoms with Crippen LogP contribution in [0.3, 0.4) is 0 Å². The lowest BCUT2D eigenvalue weighted by Gasteiger charge is -2.17. The number of rotatable bonds is 2. The Bertz CT molecular complexity index is 323. The van der Waals surface area contributed by atoms with Gasteiger partial charge in [-0.2, -0.15) is 0 Å². The van der Waals surface area contributed by atoms with E-state index in [1.165, 1.54) is 20.8 Å². The Balaban J connectivity index is 3.28. The molecule has 0 saturated carbocycles. The van der Waals surface area contributed by atoms with E-state index in [1.807, 2.05) is 0 Å². The molecule has 13 heavy (non-hydrogen) atoms. The van der Waals surface area contributed by atoms with Gasteiger partial charge < -0.3 is 0 Å². The third kappa shape index (κ3) is 2.14. The first kappa shape index (κ1) is 9.90. The SMILES string of the molecule is CC(=O)c1ccccc1C(C)(C)F. The van der Waals surface area contributed by atoms with E-state index >= 15 is 0 Å². The highest BCUT2D eigenvalue weighted by molar-refractivity contribution is 5.95. The maximum absolute atomic E-state index is 13.6. The Labute approximate surface area is 77.6 Å². The van der Waals surface area contributed by atoms with Crippen molar-refractivity contribution in [2.45, 2.75) is 26.4 Å². The van der Waals surface area contributed by atoms with Crippen LogP contribution in [0.5, 0.6) is 0 Å². The molecule has 0 aliphatic rings.